The maximum atomic E-state index is 13.2. The number of aliphatic hydroxyl groups is 3. The zero-order valence-electron chi connectivity index (χ0n) is 23.0. The van der Waals surface area contributed by atoms with Gasteiger partial charge in [0.2, 0.25) is 0 Å². The number of ketones is 1. The second-order valence-corrected chi connectivity index (χ2v) is 13.1. The third-order valence-corrected chi connectivity index (χ3v) is 10.4. The molecule has 9 heteroatoms. The lowest BCUT2D eigenvalue weighted by Gasteiger charge is -2.53. The van der Waals surface area contributed by atoms with Gasteiger partial charge >= 0.3 is 11.9 Å². The van der Waals surface area contributed by atoms with Crippen molar-refractivity contribution < 1.29 is 39.2 Å². The zero-order valence-corrected chi connectivity index (χ0v) is 24.5. The summed E-state index contributed by atoms with van der Waals surface area (Å²) < 4.78 is 12.1. The Kier molecular flexibility index (Phi) is 7.85. The Morgan fingerprint density at radius 3 is 2.39 bits per heavy atom. The summed E-state index contributed by atoms with van der Waals surface area (Å²) in [7, 11) is 0. The number of unbranched alkanes of at least 4 members (excludes halogenated alkanes) is 3. The quantitative estimate of drug-likeness (QED) is 0.160. The van der Waals surface area contributed by atoms with Crippen LogP contribution in [0.5, 0.6) is 0 Å². The highest BCUT2D eigenvalue weighted by Gasteiger charge is 2.87. The third-order valence-electron chi connectivity index (χ3n) is 9.79. The molecule has 8 atom stereocenters. The molecule has 3 N–H and O–H groups in total. The first-order valence-corrected chi connectivity index (χ1v) is 14.8. The maximum Gasteiger partial charge on any atom is 0.306 e. The van der Waals surface area contributed by atoms with Crippen LogP contribution in [0.2, 0.25) is 0 Å². The number of rotatable bonds is 9. The number of Topliss-reactive ketones (excluding diaryl/α,β-unsaturated/α-hetero) is 1. The lowest BCUT2D eigenvalue weighted by Crippen LogP contribution is -2.66. The number of esters is 2. The van der Waals surface area contributed by atoms with Gasteiger partial charge in [0.1, 0.15) is 11.7 Å². The highest BCUT2D eigenvalue weighted by molar-refractivity contribution is 9.09. The normalized spacial score (nSPS) is 40.7. The second-order valence-electron chi connectivity index (χ2n) is 12.3. The zero-order chi connectivity index (χ0) is 28.3. The third kappa shape index (κ3) is 4.14. The van der Waals surface area contributed by atoms with Crippen LogP contribution < -0.4 is 0 Å². The minimum absolute atomic E-state index is 0.112. The first-order valence-electron chi connectivity index (χ1n) is 13.7. The standard InChI is InChI=1S/C29H41BrO8/c1-16-12-21-27(35,24(16)34)14-19(15-31)13-20-23-26(4,5)29(23,38-18(3)32)25(17(2)28(20,21)36)37-22(33)10-8-6-7-9-11-30/h12-13,17,20-21,23,25,31,35-36H,6-11,14-15H2,1-5H3/t17-,20+,21-,23-,25-,27-,28-,29-/m1/s1. The van der Waals surface area contributed by atoms with Crippen molar-refractivity contribution in [2.24, 2.45) is 29.1 Å². The molecule has 0 amide bonds. The largest absolute Gasteiger partial charge is 0.458 e. The molecule has 0 unspecified atom stereocenters. The molecule has 4 aliphatic carbocycles. The predicted octanol–water partition coefficient (Wildman–Crippen LogP) is 3.40. The summed E-state index contributed by atoms with van der Waals surface area (Å²) in [4.78, 5) is 38.7. The number of carbonyl (C=O) groups is 3. The van der Waals surface area contributed by atoms with Gasteiger partial charge in [-0.05, 0) is 30.9 Å². The van der Waals surface area contributed by atoms with Crippen molar-refractivity contribution in [2.75, 3.05) is 11.9 Å². The Hall–Kier alpha value is -1.55. The summed E-state index contributed by atoms with van der Waals surface area (Å²) >= 11 is 3.41. The topological polar surface area (TPSA) is 130 Å². The fourth-order valence-electron chi connectivity index (χ4n) is 7.98. The first-order chi connectivity index (χ1) is 17.7. The van der Waals surface area contributed by atoms with E-state index < -0.39 is 69.7 Å². The molecular formula is C29H41BrO8. The minimum atomic E-state index is -1.93. The summed E-state index contributed by atoms with van der Waals surface area (Å²) in [5.41, 5.74) is -4.73. The Morgan fingerprint density at radius 2 is 1.79 bits per heavy atom. The van der Waals surface area contributed by atoms with Crippen LogP contribution in [0, 0.1) is 29.1 Å². The molecule has 0 aromatic carbocycles. The lowest BCUT2D eigenvalue weighted by atomic mass is 9.59. The Bertz CT molecular complexity index is 1060. The Labute approximate surface area is 233 Å². The number of aliphatic hydroxyl groups excluding tert-OH is 1. The van der Waals surface area contributed by atoms with E-state index in [1.807, 2.05) is 13.8 Å². The molecular weight excluding hydrogens is 556 g/mol. The van der Waals surface area contributed by atoms with Crippen molar-refractivity contribution in [3.05, 3.63) is 23.3 Å². The van der Waals surface area contributed by atoms with Crippen molar-refractivity contribution in [3.8, 4) is 0 Å². The van der Waals surface area contributed by atoms with Gasteiger partial charge < -0.3 is 24.8 Å². The molecule has 4 aliphatic rings. The van der Waals surface area contributed by atoms with Gasteiger partial charge in [-0.25, -0.2) is 0 Å². The van der Waals surface area contributed by atoms with Crippen molar-refractivity contribution in [1.82, 2.24) is 0 Å². The van der Waals surface area contributed by atoms with Gasteiger partial charge in [-0.2, -0.15) is 0 Å². The van der Waals surface area contributed by atoms with Crippen LogP contribution in [0.15, 0.2) is 23.3 Å². The number of ether oxygens (including phenoxy) is 2. The van der Waals surface area contributed by atoms with Crippen molar-refractivity contribution in [1.29, 1.82) is 0 Å². The van der Waals surface area contributed by atoms with Crippen molar-refractivity contribution in [3.63, 3.8) is 0 Å². The van der Waals surface area contributed by atoms with E-state index in [2.05, 4.69) is 15.9 Å². The molecule has 0 aromatic rings. The van der Waals surface area contributed by atoms with E-state index in [0.717, 1.165) is 24.6 Å². The SMILES string of the molecule is CC(=O)O[C@@]12[C@H](OC(=O)CCCCCCBr)[C@@H](C)[C@@]3(O)[C@@H](C=C(CO)C[C@]4(O)C(=O)C(C)=C[C@@H]34)[C@@H]1C2(C)C. The van der Waals surface area contributed by atoms with Gasteiger partial charge in [-0.1, -0.05) is 61.7 Å². The first kappa shape index (κ1) is 29.4. The molecule has 38 heavy (non-hydrogen) atoms. The van der Waals surface area contributed by atoms with E-state index in [1.54, 1.807) is 26.0 Å². The summed E-state index contributed by atoms with van der Waals surface area (Å²) in [5, 5.41) is 35.4. The molecule has 0 saturated heterocycles. The molecule has 0 aromatic heterocycles. The molecule has 0 spiro atoms. The van der Waals surface area contributed by atoms with E-state index in [1.165, 1.54) is 6.92 Å². The maximum absolute atomic E-state index is 13.2. The van der Waals surface area contributed by atoms with Gasteiger partial charge in [0.15, 0.2) is 11.4 Å². The predicted molar refractivity (Wildman–Crippen MR) is 143 cm³/mol. The number of carbonyl (C=O) groups excluding carboxylic acids is 3. The van der Waals surface area contributed by atoms with Gasteiger partial charge in [0.05, 0.1) is 12.2 Å². The summed E-state index contributed by atoms with van der Waals surface area (Å²) in [5.74, 6) is -4.35. The molecule has 2 fully saturated rings. The molecule has 0 heterocycles. The van der Waals surface area contributed by atoms with Gasteiger partial charge in [0.25, 0.3) is 0 Å². The van der Waals surface area contributed by atoms with E-state index in [4.69, 9.17) is 9.47 Å². The van der Waals surface area contributed by atoms with Crippen molar-refractivity contribution >= 4 is 33.7 Å². The smallest absolute Gasteiger partial charge is 0.306 e. The van der Waals surface area contributed by atoms with Crippen LogP contribution in [0.1, 0.15) is 73.1 Å². The van der Waals surface area contributed by atoms with Gasteiger partial charge in [-0.15, -0.1) is 0 Å². The fraction of sp³-hybridized carbons (Fsp3) is 0.759. The van der Waals surface area contributed by atoms with Gasteiger partial charge in [0, 0.05) is 54.2 Å². The molecule has 0 aliphatic heterocycles. The highest BCUT2D eigenvalue weighted by Crippen LogP contribution is 2.77. The Balaban J connectivity index is 1.78. The van der Waals surface area contributed by atoms with E-state index in [0.29, 0.717) is 17.6 Å². The number of fused-ring (bicyclic) bond motifs is 5. The van der Waals surface area contributed by atoms with E-state index in [9.17, 15) is 29.7 Å². The molecule has 8 nitrogen and oxygen atoms in total. The van der Waals surface area contributed by atoms with Crippen LogP contribution in [0.25, 0.3) is 0 Å². The number of alkyl halides is 1. The van der Waals surface area contributed by atoms with Crippen LogP contribution in [-0.4, -0.2) is 67.9 Å². The molecule has 4 rings (SSSR count). The number of hydrogen-bond donors (Lipinski definition) is 3. The highest BCUT2D eigenvalue weighted by atomic mass is 79.9. The van der Waals surface area contributed by atoms with Crippen LogP contribution in [-0.2, 0) is 23.9 Å². The fourth-order valence-corrected chi connectivity index (χ4v) is 8.38. The van der Waals surface area contributed by atoms with Gasteiger partial charge in [-0.3, -0.25) is 14.4 Å². The van der Waals surface area contributed by atoms with Crippen LogP contribution in [0.3, 0.4) is 0 Å². The summed E-state index contributed by atoms with van der Waals surface area (Å²) in [6, 6.07) is 0. The number of hydrogen-bond acceptors (Lipinski definition) is 8. The Morgan fingerprint density at radius 1 is 1.13 bits per heavy atom. The molecule has 0 radical (unpaired) electrons. The van der Waals surface area contributed by atoms with E-state index >= 15 is 0 Å². The second kappa shape index (κ2) is 10.1. The summed E-state index contributed by atoms with van der Waals surface area (Å²) in [6.07, 6.45) is 6.04. The van der Waals surface area contributed by atoms with Crippen LogP contribution in [0.4, 0.5) is 0 Å². The minimum Gasteiger partial charge on any atom is -0.458 e. The molecule has 0 bridgehead atoms. The monoisotopic (exact) mass is 596 g/mol. The molecule has 2 saturated carbocycles. The van der Waals surface area contributed by atoms with E-state index in [-0.39, 0.29) is 19.4 Å². The average molecular weight is 598 g/mol. The van der Waals surface area contributed by atoms with Crippen molar-refractivity contribution in [2.45, 2.75) is 96.1 Å². The molecule has 212 valence electrons. The lowest BCUT2D eigenvalue weighted by molar-refractivity contribution is -0.228. The van der Waals surface area contributed by atoms with Crippen LogP contribution >= 0.6 is 15.9 Å². The number of halogens is 1. The summed E-state index contributed by atoms with van der Waals surface area (Å²) in [6.45, 7) is 8.12. The average Bonchev–Trinajstić information content (AvgIpc) is 3.26.